The molecule has 0 saturated heterocycles. The Balaban J connectivity index is 4.31. The summed E-state index contributed by atoms with van der Waals surface area (Å²) in [4.78, 5) is 12.0. The van der Waals surface area contributed by atoms with Crippen molar-refractivity contribution in [1.29, 1.82) is 0 Å². The molecule has 0 rings (SSSR count). The van der Waals surface area contributed by atoms with Gasteiger partial charge in [0.25, 0.3) is 0 Å². The standard InChI is InChI=1S/C13H27NO2/c1-6-10(9-11(15)7-2)12(16)14-13(4,5)8-3/h10-11,15H,6-9H2,1-5H3,(H,14,16)/t10-,11-/m1/s1. The minimum atomic E-state index is -0.361. The molecule has 1 amide bonds. The molecule has 0 aromatic carbocycles. The van der Waals surface area contributed by atoms with Crippen molar-refractivity contribution < 1.29 is 9.90 Å². The van der Waals surface area contributed by atoms with Crippen molar-refractivity contribution in [2.24, 2.45) is 5.92 Å². The maximum absolute atomic E-state index is 12.0. The van der Waals surface area contributed by atoms with Gasteiger partial charge in [-0.05, 0) is 39.5 Å². The summed E-state index contributed by atoms with van der Waals surface area (Å²) in [5.41, 5.74) is -0.151. The molecule has 0 aliphatic carbocycles. The smallest absolute Gasteiger partial charge is 0.223 e. The van der Waals surface area contributed by atoms with E-state index in [0.29, 0.717) is 12.8 Å². The van der Waals surface area contributed by atoms with E-state index in [0.717, 1.165) is 12.8 Å². The Kier molecular flexibility index (Phi) is 6.65. The predicted octanol–water partition coefficient (Wildman–Crippen LogP) is 2.48. The molecule has 0 heterocycles. The second-order valence-corrected chi connectivity index (χ2v) is 5.13. The number of nitrogens with one attached hydrogen (secondary N) is 1. The predicted molar refractivity (Wildman–Crippen MR) is 67.2 cm³/mol. The third-order valence-electron chi connectivity index (χ3n) is 3.24. The molecule has 16 heavy (non-hydrogen) atoms. The summed E-state index contributed by atoms with van der Waals surface area (Å²) < 4.78 is 0. The normalized spacial score (nSPS) is 15.6. The Hall–Kier alpha value is -0.570. The summed E-state index contributed by atoms with van der Waals surface area (Å²) in [6, 6.07) is 0. The van der Waals surface area contributed by atoms with Crippen LogP contribution in [0.5, 0.6) is 0 Å². The molecule has 0 bridgehead atoms. The molecule has 3 nitrogen and oxygen atoms in total. The molecule has 3 heteroatoms. The van der Waals surface area contributed by atoms with Crippen LogP contribution in [0.15, 0.2) is 0 Å². The van der Waals surface area contributed by atoms with E-state index in [9.17, 15) is 9.90 Å². The topological polar surface area (TPSA) is 49.3 Å². The van der Waals surface area contributed by atoms with Crippen LogP contribution in [0.3, 0.4) is 0 Å². The highest BCUT2D eigenvalue weighted by Crippen LogP contribution is 2.16. The highest BCUT2D eigenvalue weighted by molar-refractivity contribution is 5.79. The van der Waals surface area contributed by atoms with Crippen LogP contribution >= 0.6 is 0 Å². The first-order valence-electron chi connectivity index (χ1n) is 6.36. The average Bonchev–Trinajstić information content (AvgIpc) is 2.24. The largest absolute Gasteiger partial charge is 0.393 e. The first-order valence-corrected chi connectivity index (χ1v) is 6.36. The zero-order chi connectivity index (χ0) is 12.8. The van der Waals surface area contributed by atoms with Crippen molar-refractivity contribution >= 4 is 5.91 Å². The van der Waals surface area contributed by atoms with E-state index in [1.54, 1.807) is 0 Å². The zero-order valence-electron chi connectivity index (χ0n) is 11.3. The number of carbonyl (C=O) groups excluding carboxylic acids is 1. The van der Waals surface area contributed by atoms with Crippen molar-refractivity contribution in [3.63, 3.8) is 0 Å². The molecular formula is C13H27NO2. The summed E-state index contributed by atoms with van der Waals surface area (Å²) >= 11 is 0. The van der Waals surface area contributed by atoms with E-state index in [1.807, 2.05) is 27.7 Å². The molecule has 0 radical (unpaired) electrons. The second kappa shape index (κ2) is 6.89. The molecule has 96 valence electrons. The summed E-state index contributed by atoms with van der Waals surface area (Å²) in [6.07, 6.45) is 2.61. The lowest BCUT2D eigenvalue weighted by molar-refractivity contribution is -0.127. The van der Waals surface area contributed by atoms with Crippen molar-refractivity contribution in [3.8, 4) is 0 Å². The van der Waals surface area contributed by atoms with Gasteiger partial charge in [0.1, 0.15) is 0 Å². The van der Waals surface area contributed by atoms with Crippen LogP contribution in [-0.2, 0) is 4.79 Å². The van der Waals surface area contributed by atoms with Gasteiger partial charge >= 0.3 is 0 Å². The van der Waals surface area contributed by atoms with Gasteiger partial charge in [-0.15, -0.1) is 0 Å². The molecule has 0 aromatic rings. The molecule has 0 saturated carbocycles. The van der Waals surface area contributed by atoms with Crippen LogP contribution in [0.25, 0.3) is 0 Å². The number of carbonyl (C=O) groups is 1. The zero-order valence-corrected chi connectivity index (χ0v) is 11.3. The van der Waals surface area contributed by atoms with Gasteiger partial charge in [-0.1, -0.05) is 20.8 Å². The average molecular weight is 229 g/mol. The van der Waals surface area contributed by atoms with E-state index >= 15 is 0 Å². The minimum absolute atomic E-state index is 0.0687. The monoisotopic (exact) mass is 229 g/mol. The lowest BCUT2D eigenvalue weighted by Gasteiger charge is -2.28. The number of hydrogen-bond donors (Lipinski definition) is 2. The quantitative estimate of drug-likeness (QED) is 0.704. The SMILES string of the molecule is CC[C@@H](O)C[C@@H](CC)C(=O)NC(C)(C)CC. The molecular weight excluding hydrogens is 202 g/mol. The van der Waals surface area contributed by atoms with Crippen molar-refractivity contribution in [3.05, 3.63) is 0 Å². The van der Waals surface area contributed by atoms with Gasteiger partial charge in [0, 0.05) is 11.5 Å². The molecule has 2 atom stereocenters. The number of aliphatic hydroxyl groups is 1. The van der Waals surface area contributed by atoms with Crippen molar-refractivity contribution in [2.45, 2.75) is 71.9 Å². The Labute approximate surface area is 99.6 Å². The number of amides is 1. The van der Waals surface area contributed by atoms with Gasteiger partial charge in [-0.3, -0.25) is 4.79 Å². The molecule has 0 aromatic heterocycles. The van der Waals surface area contributed by atoms with Crippen molar-refractivity contribution in [2.75, 3.05) is 0 Å². The second-order valence-electron chi connectivity index (χ2n) is 5.13. The number of hydrogen-bond acceptors (Lipinski definition) is 2. The molecule has 0 aliphatic rings. The van der Waals surface area contributed by atoms with E-state index in [2.05, 4.69) is 12.2 Å². The Morgan fingerprint density at radius 1 is 1.25 bits per heavy atom. The van der Waals surface area contributed by atoms with Gasteiger partial charge in [0.2, 0.25) is 5.91 Å². The van der Waals surface area contributed by atoms with E-state index in [-0.39, 0.29) is 23.5 Å². The lowest BCUT2D eigenvalue weighted by atomic mass is 9.94. The number of aliphatic hydroxyl groups excluding tert-OH is 1. The van der Waals surface area contributed by atoms with E-state index in [4.69, 9.17) is 0 Å². The Bertz CT molecular complexity index is 214. The van der Waals surface area contributed by atoms with Gasteiger partial charge in [-0.2, -0.15) is 0 Å². The molecule has 0 fully saturated rings. The van der Waals surface area contributed by atoms with Crippen molar-refractivity contribution in [1.82, 2.24) is 5.32 Å². The van der Waals surface area contributed by atoms with Gasteiger partial charge in [-0.25, -0.2) is 0 Å². The summed E-state index contributed by atoms with van der Waals surface area (Å²) in [5.74, 6) is 0.00243. The van der Waals surface area contributed by atoms with Crippen LogP contribution in [0.1, 0.15) is 60.3 Å². The third kappa shape index (κ3) is 5.50. The van der Waals surface area contributed by atoms with Gasteiger partial charge in [0.05, 0.1) is 6.10 Å². The van der Waals surface area contributed by atoms with E-state index < -0.39 is 0 Å². The maximum atomic E-state index is 12.0. The Morgan fingerprint density at radius 3 is 2.19 bits per heavy atom. The molecule has 0 spiro atoms. The molecule has 2 N–H and O–H groups in total. The minimum Gasteiger partial charge on any atom is -0.393 e. The summed E-state index contributed by atoms with van der Waals surface area (Å²) in [5, 5.41) is 12.6. The fourth-order valence-corrected chi connectivity index (χ4v) is 1.48. The van der Waals surface area contributed by atoms with Gasteiger partial charge in [0.15, 0.2) is 0 Å². The van der Waals surface area contributed by atoms with Gasteiger partial charge < -0.3 is 10.4 Å². The fourth-order valence-electron chi connectivity index (χ4n) is 1.48. The van der Waals surface area contributed by atoms with Crippen LogP contribution in [-0.4, -0.2) is 22.7 Å². The lowest BCUT2D eigenvalue weighted by Crippen LogP contribution is -2.46. The van der Waals surface area contributed by atoms with Crippen LogP contribution in [0, 0.1) is 5.92 Å². The summed E-state index contributed by atoms with van der Waals surface area (Å²) in [7, 11) is 0. The maximum Gasteiger partial charge on any atom is 0.223 e. The van der Waals surface area contributed by atoms with Crippen LogP contribution < -0.4 is 5.32 Å². The molecule has 0 unspecified atom stereocenters. The third-order valence-corrected chi connectivity index (χ3v) is 3.24. The fraction of sp³-hybridized carbons (Fsp3) is 0.923. The molecule has 0 aliphatic heterocycles. The summed E-state index contributed by atoms with van der Waals surface area (Å²) in [6.45, 7) is 10.0. The highest BCUT2D eigenvalue weighted by atomic mass is 16.3. The number of rotatable bonds is 7. The van der Waals surface area contributed by atoms with E-state index in [1.165, 1.54) is 0 Å². The van der Waals surface area contributed by atoms with Crippen LogP contribution in [0.2, 0.25) is 0 Å². The first kappa shape index (κ1) is 15.4. The van der Waals surface area contributed by atoms with Crippen LogP contribution in [0.4, 0.5) is 0 Å². The Morgan fingerprint density at radius 2 is 1.81 bits per heavy atom. The first-order chi connectivity index (χ1) is 7.36. The highest BCUT2D eigenvalue weighted by Gasteiger charge is 2.24.